The van der Waals surface area contributed by atoms with Crippen LogP contribution in [0.5, 0.6) is 0 Å². The van der Waals surface area contributed by atoms with Crippen molar-refractivity contribution in [2.45, 2.75) is 9.92 Å². The van der Waals surface area contributed by atoms with Crippen molar-refractivity contribution < 1.29 is 8.78 Å². The summed E-state index contributed by atoms with van der Waals surface area (Å²) in [5.74, 6) is -0.836. The molecule has 0 spiro atoms. The predicted octanol–water partition coefficient (Wildman–Crippen LogP) is 2.71. The molecule has 1 radical (unpaired) electrons. The highest BCUT2D eigenvalue weighted by Gasteiger charge is 2.05. The van der Waals surface area contributed by atoms with Crippen LogP contribution in [-0.4, -0.2) is 9.97 Å². The molecule has 2 aromatic rings. The largest absolute Gasteiger partial charge is 0.231 e. The number of aromatic nitrogens is 2. The van der Waals surface area contributed by atoms with E-state index in [1.807, 2.05) is 0 Å². The van der Waals surface area contributed by atoms with Crippen LogP contribution in [0.1, 0.15) is 0 Å². The molecule has 75 valence electrons. The first-order valence-electron chi connectivity index (χ1n) is 4.08. The van der Waals surface area contributed by atoms with Gasteiger partial charge in [0.15, 0.2) is 12.1 Å². The molecule has 0 amide bonds. The summed E-state index contributed by atoms with van der Waals surface area (Å²) in [6.45, 7) is 0. The summed E-state index contributed by atoms with van der Waals surface area (Å²) in [5.41, 5.74) is 0. The van der Waals surface area contributed by atoms with Crippen LogP contribution >= 0.6 is 11.8 Å². The van der Waals surface area contributed by atoms with Gasteiger partial charge in [0, 0.05) is 4.90 Å². The van der Waals surface area contributed by atoms with Gasteiger partial charge in [-0.05, 0) is 24.3 Å². The first-order chi connectivity index (χ1) is 7.25. The van der Waals surface area contributed by atoms with Crippen molar-refractivity contribution in [2.75, 3.05) is 0 Å². The van der Waals surface area contributed by atoms with Gasteiger partial charge in [-0.3, -0.25) is 0 Å². The van der Waals surface area contributed by atoms with E-state index < -0.39 is 5.82 Å². The average Bonchev–Trinajstić information content (AvgIpc) is 2.25. The second-order valence-corrected chi connectivity index (χ2v) is 3.74. The summed E-state index contributed by atoms with van der Waals surface area (Å²) >= 11 is 1.10. The van der Waals surface area contributed by atoms with Crippen LogP contribution in [0.3, 0.4) is 0 Å². The van der Waals surface area contributed by atoms with Crippen molar-refractivity contribution in [3.8, 4) is 0 Å². The van der Waals surface area contributed by atoms with Crippen LogP contribution in [0.15, 0.2) is 40.4 Å². The summed E-state index contributed by atoms with van der Waals surface area (Å²) < 4.78 is 25.7. The fraction of sp³-hybridized carbons (Fsp3) is 0. The Morgan fingerprint density at radius 1 is 1.13 bits per heavy atom. The van der Waals surface area contributed by atoms with Crippen LogP contribution in [-0.2, 0) is 0 Å². The van der Waals surface area contributed by atoms with E-state index in [0.717, 1.165) is 18.0 Å². The highest BCUT2D eigenvalue weighted by atomic mass is 32.2. The Kier molecular flexibility index (Phi) is 2.91. The lowest BCUT2D eigenvalue weighted by Gasteiger charge is -2.00. The maximum Gasteiger partial charge on any atom is 0.199 e. The summed E-state index contributed by atoms with van der Waals surface area (Å²) in [6, 6.07) is 5.74. The Bertz CT molecular complexity index is 459. The zero-order valence-electron chi connectivity index (χ0n) is 7.45. The molecule has 5 heteroatoms. The van der Waals surface area contributed by atoms with Gasteiger partial charge >= 0.3 is 0 Å². The van der Waals surface area contributed by atoms with E-state index >= 15 is 0 Å². The van der Waals surface area contributed by atoms with E-state index in [2.05, 4.69) is 16.3 Å². The molecule has 0 atom stereocenters. The minimum absolute atomic E-state index is 0.177. The molecule has 15 heavy (non-hydrogen) atoms. The van der Waals surface area contributed by atoms with Crippen LogP contribution < -0.4 is 0 Å². The Labute approximate surface area is 89.4 Å². The van der Waals surface area contributed by atoms with Crippen molar-refractivity contribution in [2.24, 2.45) is 0 Å². The van der Waals surface area contributed by atoms with Crippen LogP contribution in [0.4, 0.5) is 8.78 Å². The van der Waals surface area contributed by atoms with Gasteiger partial charge in [0.05, 0.1) is 6.20 Å². The van der Waals surface area contributed by atoms with E-state index in [1.54, 1.807) is 12.1 Å². The first-order valence-corrected chi connectivity index (χ1v) is 4.89. The van der Waals surface area contributed by atoms with Gasteiger partial charge in [-0.15, -0.1) is 0 Å². The van der Waals surface area contributed by atoms with Gasteiger partial charge in [0.1, 0.15) is 10.8 Å². The summed E-state index contributed by atoms with van der Waals surface area (Å²) in [5, 5.41) is 0.177. The van der Waals surface area contributed by atoms with Crippen LogP contribution in [0.25, 0.3) is 0 Å². The molecule has 0 unspecified atom stereocenters. The molecule has 0 aliphatic carbocycles. The average molecular weight is 223 g/mol. The number of rotatable bonds is 2. The van der Waals surface area contributed by atoms with E-state index in [4.69, 9.17) is 0 Å². The molecule has 0 N–H and O–H groups in total. The zero-order chi connectivity index (χ0) is 10.7. The normalized spacial score (nSPS) is 10.3. The molecule has 0 saturated heterocycles. The zero-order valence-corrected chi connectivity index (χ0v) is 8.26. The maximum absolute atomic E-state index is 13.1. The molecule has 2 rings (SSSR count). The lowest BCUT2D eigenvalue weighted by molar-refractivity contribution is 0.578. The molecular weight excluding hydrogens is 218 g/mol. The van der Waals surface area contributed by atoms with E-state index in [0.29, 0.717) is 4.90 Å². The van der Waals surface area contributed by atoms with Crippen molar-refractivity contribution in [1.82, 2.24) is 9.97 Å². The second kappa shape index (κ2) is 4.35. The monoisotopic (exact) mass is 223 g/mol. The Morgan fingerprint density at radius 2 is 1.87 bits per heavy atom. The minimum atomic E-state index is -0.511. The van der Waals surface area contributed by atoms with Gasteiger partial charge in [0.2, 0.25) is 0 Å². The number of nitrogens with zero attached hydrogens (tertiary/aromatic N) is 2. The van der Waals surface area contributed by atoms with E-state index in [9.17, 15) is 8.78 Å². The smallest absolute Gasteiger partial charge is 0.199 e. The number of benzene rings is 1. The third-order valence-corrected chi connectivity index (χ3v) is 2.61. The van der Waals surface area contributed by atoms with Crippen molar-refractivity contribution in [1.29, 1.82) is 0 Å². The summed E-state index contributed by atoms with van der Waals surface area (Å²) in [6.07, 6.45) is 3.34. The molecule has 0 bridgehead atoms. The quantitative estimate of drug-likeness (QED) is 0.732. The van der Waals surface area contributed by atoms with Crippen molar-refractivity contribution >= 4 is 11.8 Å². The molecule has 0 aliphatic rings. The number of halogens is 2. The Hall–Kier alpha value is -1.49. The summed E-state index contributed by atoms with van der Waals surface area (Å²) in [7, 11) is 0. The highest BCUT2D eigenvalue weighted by Crippen LogP contribution is 2.27. The Balaban J connectivity index is 2.22. The van der Waals surface area contributed by atoms with Gasteiger partial charge in [0.25, 0.3) is 0 Å². The van der Waals surface area contributed by atoms with E-state index in [1.165, 1.54) is 12.1 Å². The topological polar surface area (TPSA) is 25.8 Å². The summed E-state index contributed by atoms with van der Waals surface area (Å²) in [4.78, 5) is 7.78. The highest BCUT2D eigenvalue weighted by molar-refractivity contribution is 7.99. The molecule has 0 aliphatic heterocycles. The molecular formula is C10H5F2N2S. The second-order valence-electron chi connectivity index (χ2n) is 2.68. The molecule has 1 heterocycles. The minimum Gasteiger partial charge on any atom is -0.231 e. The van der Waals surface area contributed by atoms with Gasteiger partial charge in [-0.1, -0.05) is 11.8 Å². The third kappa shape index (κ3) is 2.50. The number of hydrogen-bond donors (Lipinski definition) is 0. The van der Waals surface area contributed by atoms with Crippen molar-refractivity contribution in [3.05, 3.63) is 48.4 Å². The lowest BCUT2D eigenvalue weighted by atomic mass is 10.4. The lowest BCUT2D eigenvalue weighted by Crippen LogP contribution is -1.88. The fourth-order valence-electron chi connectivity index (χ4n) is 0.954. The first kappa shape index (κ1) is 10.0. The standard InChI is InChI=1S/C10H5F2N2S/c11-7-1-3-8(4-2-7)15-10-9(12)5-13-6-14-10/h1-5H. The molecule has 0 saturated carbocycles. The maximum atomic E-state index is 13.1. The van der Waals surface area contributed by atoms with Crippen LogP contribution in [0, 0.1) is 18.0 Å². The molecule has 1 aromatic carbocycles. The van der Waals surface area contributed by atoms with E-state index in [-0.39, 0.29) is 10.8 Å². The molecule has 1 aromatic heterocycles. The van der Waals surface area contributed by atoms with Gasteiger partial charge in [-0.2, -0.15) is 0 Å². The van der Waals surface area contributed by atoms with Crippen molar-refractivity contribution in [3.63, 3.8) is 0 Å². The SMILES string of the molecule is Fc1ccc(Sc2n[c]ncc2F)cc1. The molecule has 2 nitrogen and oxygen atoms in total. The Morgan fingerprint density at radius 3 is 2.53 bits per heavy atom. The van der Waals surface area contributed by atoms with Gasteiger partial charge < -0.3 is 0 Å². The number of hydrogen-bond acceptors (Lipinski definition) is 3. The predicted molar refractivity (Wildman–Crippen MR) is 51.3 cm³/mol. The fourth-order valence-corrected chi connectivity index (χ4v) is 1.69. The third-order valence-electron chi connectivity index (χ3n) is 1.62. The molecule has 0 fully saturated rings. The van der Waals surface area contributed by atoms with Crippen LogP contribution in [0.2, 0.25) is 0 Å². The van der Waals surface area contributed by atoms with Gasteiger partial charge in [-0.25, -0.2) is 18.7 Å².